The summed E-state index contributed by atoms with van der Waals surface area (Å²) in [6.07, 6.45) is 2.59. The maximum Gasteiger partial charge on any atom is 0.0506 e. The summed E-state index contributed by atoms with van der Waals surface area (Å²) in [7, 11) is 2.25. The molecule has 2 aliphatic heterocycles. The van der Waals surface area contributed by atoms with E-state index in [1.54, 1.807) is 0 Å². The van der Waals surface area contributed by atoms with Crippen LogP contribution in [0.4, 0.5) is 0 Å². The molecule has 17 heavy (non-hydrogen) atoms. The Morgan fingerprint density at radius 2 is 2.18 bits per heavy atom. The lowest BCUT2D eigenvalue weighted by Gasteiger charge is -2.31. The van der Waals surface area contributed by atoms with Gasteiger partial charge in [0.05, 0.1) is 6.61 Å². The normalized spacial score (nSPS) is 27.5. The second-order valence-corrected chi connectivity index (χ2v) is 5.44. The van der Waals surface area contributed by atoms with Crippen LogP contribution in [0.3, 0.4) is 0 Å². The molecular weight excluding hydrogens is 214 g/mol. The Morgan fingerprint density at radius 3 is 2.88 bits per heavy atom. The van der Waals surface area contributed by atoms with Crippen LogP contribution in [-0.4, -0.2) is 75.9 Å². The minimum absolute atomic E-state index is 0.761. The summed E-state index contributed by atoms with van der Waals surface area (Å²) in [5, 5.41) is 3.40. The molecule has 1 atom stereocenters. The van der Waals surface area contributed by atoms with E-state index < -0.39 is 0 Å². The van der Waals surface area contributed by atoms with Crippen molar-refractivity contribution in [2.24, 2.45) is 5.92 Å². The molecule has 0 aliphatic carbocycles. The Balaban J connectivity index is 1.57. The lowest BCUT2D eigenvalue weighted by Crippen LogP contribution is -2.46. The number of rotatable bonds is 5. The highest BCUT2D eigenvalue weighted by molar-refractivity contribution is 4.71. The summed E-state index contributed by atoms with van der Waals surface area (Å²) >= 11 is 0. The Kier molecular flexibility index (Phi) is 5.71. The van der Waals surface area contributed by atoms with E-state index >= 15 is 0 Å². The molecule has 0 spiro atoms. The number of ether oxygens (including phenoxy) is 1. The Hall–Kier alpha value is -0.160. The molecule has 0 bridgehead atoms. The molecule has 0 radical (unpaired) electrons. The van der Waals surface area contributed by atoms with Crippen molar-refractivity contribution in [1.29, 1.82) is 0 Å². The molecule has 4 heteroatoms. The average Bonchev–Trinajstić information content (AvgIpc) is 2.39. The Morgan fingerprint density at radius 1 is 1.35 bits per heavy atom. The van der Waals surface area contributed by atoms with Gasteiger partial charge in [0.1, 0.15) is 0 Å². The molecule has 4 nitrogen and oxygen atoms in total. The van der Waals surface area contributed by atoms with Crippen molar-refractivity contribution in [1.82, 2.24) is 15.1 Å². The SMILES string of the molecule is CN(CCN1CCNCC1)CC1CCCOC1. The number of nitrogens with zero attached hydrogens (tertiary/aromatic N) is 2. The molecule has 0 saturated carbocycles. The molecule has 2 rings (SSSR count). The van der Waals surface area contributed by atoms with Crippen LogP contribution in [0.15, 0.2) is 0 Å². The summed E-state index contributed by atoms with van der Waals surface area (Å²) < 4.78 is 5.53. The first kappa shape index (κ1) is 13.3. The van der Waals surface area contributed by atoms with Crippen molar-refractivity contribution in [3.63, 3.8) is 0 Å². The number of piperazine rings is 1. The molecule has 0 amide bonds. The van der Waals surface area contributed by atoms with Crippen molar-refractivity contribution in [2.45, 2.75) is 12.8 Å². The van der Waals surface area contributed by atoms with Gasteiger partial charge >= 0.3 is 0 Å². The third-order valence-corrected chi connectivity index (χ3v) is 3.83. The van der Waals surface area contributed by atoms with E-state index in [4.69, 9.17) is 4.74 Å². The monoisotopic (exact) mass is 241 g/mol. The van der Waals surface area contributed by atoms with Crippen molar-refractivity contribution < 1.29 is 4.74 Å². The Labute approximate surface area is 105 Å². The second-order valence-electron chi connectivity index (χ2n) is 5.44. The van der Waals surface area contributed by atoms with E-state index in [-0.39, 0.29) is 0 Å². The smallest absolute Gasteiger partial charge is 0.0506 e. The zero-order valence-electron chi connectivity index (χ0n) is 11.2. The fourth-order valence-corrected chi connectivity index (χ4v) is 2.73. The van der Waals surface area contributed by atoms with Crippen molar-refractivity contribution in [2.75, 3.05) is 66.1 Å². The van der Waals surface area contributed by atoms with Gasteiger partial charge in [-0.2, -0.15) is 0 Å². The lowest BCUT2D eigenvalue weighted by molar-refractivity contribution is 0.0407. The lowest BCUT2D eigenvalue weighted by atomic mass is 10.0. The first-order valence-corrected chi connectivity index (χ1v) is 7.04. The molecule has 1 N–H and O–H groups in total. The standard InChI is InChI=1S/C13H27N3O/c1-15(11-13-3-2-10-17-12-13)8-9-16-6-4-14-5-7-16/h13-14H,2-12H2,1H3. The highest BCUT2D eigenvalue weighted by Crippen LogP contribution is 2.14. The van der Waals surface area contributed by atoms with E-state index in [9.17, 15) is 0 Å². The minimum Gasteiger partial charge on any atom is -0.381 e. The summed E-state index contributed by atoms with van der Waals surface area (Å²) in [4.78, 5) is 5.03. The van der Waals surface area contributed by atoms with Crippen LogP contribution in [0, 0.1) is 5.92 Å². The van der Waals surface area contributed by atoms with Crippen LogP contribution in [0.5, 0.6) is 0 Å². The number of likely N-dealkylation sites (N-methyl/N-ethyl adjacent to an activating group) is 1. The van der Waals surface area contributed by atoms with Crippen molar-refractivity contribution in [3.8, 4) is 0 Å². The van der Waals surface area contributed by atoms with Gasteiger partial charge in [0.15, 0.2) is 0 Å². The van der Waals surface area contributed by atoms with Crippen molar-refractivity contribution in [3.05, 3.63) is 0 Å². The summed E-state index contributed by atoms with van der Waals surface area (Å²) in [6.45, 7) is 10.3. The fraction of sp³-hybridized carbons (Fsp3) is 1.00. The molecule has 0 aromatic rings. The van der Waals surface area contributed by atoms with Gasteiger partial charge in [0.25, 0.3) is 0 Å². The molecule has 100 valence electrons. The molecular formula is C13H27N3O. The fourth-order valence-electron chi connectivity index (χ4n) is 2.73. The number of hydrogen-bond acceptors (Lipinski definition) is 4. The van der Waals surface area contributed by atoms with E-state index in [0.29, 0.717) is 0 Å². The molecule has 2 saturated heterocycles. The molecule has 2 heterocycles. The largest absolute Gasteiger partial charge is 0.381 e. The van der Waals surface area contributed by atoms with Crippen LogP contribution in [-0.2, 0) is 4.74 Å². The first-order valence-electron chi connectivity index (χ1n) is 7.04. The highest BCUT2D eigenvalue weighted by Gasteiger charge is 2.16. The molecule has 2 aliphatic rings. The number of nitrogens with one attached hydrogen (secondary N) is 1. The van der Waals surface area contributed by atoms with Gasteiger partial charge in [-0.3, -0.25) is 4.90 Å². The summed E-state index contributed by atoms with van der Waals surface area (Å²) in [5.41, 5.74) is 0. The van der Waals surface area contributed by atoms with Crippen LogP contribution < -0.4 is 5.32 Å². The van der Waals surface area contributed by atoms with Gasteiger partial charge in [-0.05, 0) is 25.8 Å². The van der Waals surface area contributed by atoms with Gasteiger partial charge in [-0.15, -0.1) is 0 Å². The van der Waals surface area contributed by atoms with Crippen molar-refractivity contribution >= 4 is 0 Å². The molecule has 1 unspecified atom stereocenters. The van der Waals surface area contributed by atoms with Crippen LogP contribution in [0.1, 0.15) is 12.8 Å². The van der Waals surface area contributed by atoms with Gasteiger partial charge in [0, 0.05) is 52.4 Å². The molecule has 0 aromatic carbocycles. The van der Waals surface area contributed by atoms with Gasteiger partial charge in [-0.1, -0.05) is 0 Å². The zero-order valence-corrected chi connectivity index (χ0v) is 11.2. The molecule has 0 aromatic heterocycles. The van der Waals surface area contributed by atoms with Gasteiger partial charge < -0.3 is 15.0 Å². The second kappa shape index (κ2) is 7.31. The zero-order chi connectivity index (χ0) is 11.9. The number of hydrogen-bond donors (Lipinski definition) is 1. The minimum atomic E-state index is 0.761. The highest BCUT2D eigenvalue weighted by atomic mass is 16.5. The quantitative estimate of drug-likeness (QED) is 0.747. The van der Waals surface area contributed by atoms with E-state index in [0.717, 1.165) is 32.2 Å². The third-order valence-electron chi connectivity index (χ3n) is 3.83. The van der Waals surface area contributed by atoms with Gasteiger partial charge in [-0.25, -0.2) is 0 Å². The third kappa shape index (κ3) is 4.92. The summed E-state index contributed by atoms with van der Waals surface area (Å²) in [5.74, 6) is 0.761. The van der Waals surface area contributed by atoms with E-state index in [2.05, 4.69) is 22.2 Å². The van der Waals surface area contributed by atoms with Gasteiger partial charge in [0.2, 0.25) is 0 Å². The van der Waals surface area contributed by atoms with E-state index in [1.165, 1.54) is 45.6 Å². The topological polar surface area (TPSA) is 27.7 Å². The maximum absolute atomic E-state index is 5.53. The maximum atomic E-state index is 5.53. The summed E-state index contributed by atoms with van der Waals surface area (Å²) in [6, 6.07) is 0. The predicted octanol–water partition coefficient (Wildman–Crippen LogP) is 0.250. The van der Waals surface area contributed by atoms with Crippen LogP contribution >= 0.6 is 0 Å². The Bertz CT molecular complexity index is 201. The van der Waals surface area contributed by atoms with Crippen LogP contribution in [0.25, 0.3) is 0 Å². The van der Waals surface area contributed by atoms with Crippen LogP contribution in [0.2, 0.25) is 0 Å². The average molecular weight is 241 g/mol. The predicted molar refractivity (Wildman–Crippen MR) is 70.3 cm³/mol. The first-order chi connectivity index (χ1) is 8.34. The molecule has 2 fully saturated rings. The van der Waals surface area contributed by atoms with E-state index in [1.807, 2.05) is 0 Å².